The first-order chi connectivity index (χ1) is 15.4. The maximum absolute atomic E-state index is 12.5. The smallest absolute Gasteiger partial charge is 0.251 e. The number of carbonyl (C=O) groups excluding carboxylic acids is 1. The predicted octanol–water partition coefficient (Wildman–Crippen LogP) is 2.37. The molecule has 0 bridgehead atoms. The Bertz CT molecular complexity index is 1300. The molecule has 8 nitrogen and oxygen atoms in total. The minimum Gasteiger partial charge on any atom is -0.382 e. The van der Waals surface area contributed by atoms with E-state index < -0.39 is 10.0 Å². The molecular formula is C23H23N5O3S. The number of hydrogen-bond acceptors (Lipinski definition) is 6. The molecule has 1 fully saturated rings. The zero-order valence-electron chi connectivity index (χ0n) is 17.3. The summed E-state index contributed by atoms with van der Waals surface area (Å²) >= 11 is 0. The van der Waals surface area contributed by atoms with Gasteiger partial charge < -0.3 is 11.1 Å². The van der Waals surface area contributed by atoms with Crippen molar-refractivity contribution in [1.29, 1.82) is 0 Å². The molecule has 0 atom stereocenters. The number of benzene rings is 2. The van der Waals surface area contributed by atoms with Crippen LogP contribution in [0.5, 0.6) is 0 Å². The van der Waals surface area contributed by atoms with Gasteiger partial charge in [-0.1, -0.05) is 24.3 Å². The van der Waals surface area contributed by atoms with E-state index in [9.17, 15) is 13.2 Å². The van der Waals surface area contributed by atoms with Crippen molar-refractivity contribution in [3.8, 4) is 22.4 Å². The van der Waals surface area contributed by atoms with Crippen LogP contribution in [0.3, 0.4) is 0 Å². The third-order valence-corrected chi connectivity index (χ3v) is 7.32. The topological polar surface area (TPSA) is 127 Å². The molecule has 9 heteroatoms. The third-order valence-electron chi connectivity index (χ3n) is 5.88. The van der Waals surface area contributed by atoms with Crippen LogP contribution in [0.15, 0.2) is 53.4 Å². The van der Waals surface area contributed by atoms with Gasteiger partial charge in [-0.25, -0.2) is 13.1 Å². The minimum absolute atomic E-state index is 0.0685. The van der Waals surface area contributed by atoms with Gasteiger partial charge in [0.15, 0.2) is 5.82 Å². The quantitative estimate of drug-likeness (QED) is 0.530. The molecule has 5 rings (SSSR count). The lowest BCUT2D eigenvalue weighted by atomic mass is 9.95. The van der Waals surface area contributed by atoms with E-state index in [1.807, 2.05) is 18.2 Å². The van der Waals surface area contributed by atoms with Gasteiger partial charge in [0, 0.05) is 29.8 Å². The Balaban J connectivity index is 1.43. The Morgan fingerprint density at radius 3 is 2.50 bits per heavy atom. The molecule has 1 aliphatic heterocycles. The third kappa shape index (κ3) is 4.09. The highest BCUT2D eigenvalue weighted by atomic mass is 32.2. The van der Waals surface area contributed by atoms with Crippen LogP contribution in [0.4, 0.5) is 5.82 Å². The highest BCUT2D eigenvalue weighted by Crippen LogP contribution is 2.31. The molecule has 2 aliphatic rings. The van der Waals surface area contributed by atoms with Gasteiger partial charge in [0.25, 0.3) is 5.91 Å². The van der Waals surface area contributed by atoms with Crippen LogP contribution in [-0.2, 0) is 16.4 Å². The number of amides is 1. The highest BCUT2D eigenvalue weighted by Gasteiger charge is 2.24. The number of aromatic nitrogens is 2. The van der Waals surface area contributed by atoms with Crippen molar-refractivity contribution < 1.29 is 13.2 Å². The fraction of sp³-hybridized carbons (Fsp3) is 0.261. The van der Waals surface area contributed by atoms with Gasteiger partial charge in [-0.15, -0.1) is 10.2 Å². The molecule has 1 saturated carbocycles. The molecule has 2 heterocycles. The van der Waals surface area contributed by atoms with Crippen molar-refractivity contribution in [2.45, 2.75) is 24.2 Å². The second-order valence-corrected chi connectivity index (χ2v) is 9.99. The summed E-state index contributed by atoms with van der Waals surface area (Å²) in [6.07, 6.45) is 2.92. The van der Waals surface area contributed by atoms with Crippen molar-refractivity contribution >= 4 is 21.7 Å². The van der Waals surface area contributed by atoms with Gasteiger partial charge in [-0.3, -0.25) is 4.79 Å². The van der Waals surface area contributed by atoms with Gasteiger partial charge in [0.05, 0.1) is 10.6 Å². The SMILES string of the molecule is Nc1nnc(-c2ccc(S(=O)(=O)NCC3CC3)cc2)cc1-c1ccc2c(c1)CCNC2=O. The number of nitrogen functional groups attached to an aromatic ring is 1. The molecule has 1 aromatic heterocycles. The Morgan fingerprint density at radius 1 is 1.00 bits per heavy atom. The largest absolute Gasteiger partial charge is 0.382 e. The molecule has 4 N–H and O–H groups in total. The fourth-order valence-corrected chi connectivity index (χ4v) is 4.92. The summed E-state index contributed by atoms with van der Waals surface area (Å²) in [6.45, 7) is 1.09. The van der Waals surface area contributed by atoms with E-state index in [-0.39, 0.29) is 16.6 Å². The zero-order chi connectivity index (χ0) is 22.3. The average molecular weight is 450 g/mol. The number of nitrogens with two attached hydrogens (primary N) is 1. The number of rotatable bonds is 6. The molecule has 1 aliphatic carbocycles. The van der Waals surface area contributed by atoms with Crippen LogP contribution in [-0.4, -0.2) is 37.6 Å². The summed E-state index contributed by atoms with van der Waals surface area (Å²) < 4.78 is 27.6. The van der Waals surface area contributed by atoms with Gasteiger partial charge in [0.1, 0.15) is 0 Å². The molecule has 32 heavy (non-hydrogen) atoms. The molecular weight excluding hydrogens is 426 g/mol. The molecule has 0 unspecified atom stereocenters. The lowest BCUT2D eigenvalue weighted by Crippen LogP contribution is -2.31. The second kappa shape index (κ2) is 7.99. The molecule has 3 aromatic rings. The first-order valence-electron chi connectivity index (χ1n) is 10.6. The second-order valence-electron chi connectivity index (χ2n) is 8.23. The number of carbonyl (C=O) groups is 1. The van der Waals surface area contributed by atoms with E-state index in [1.54, 1.807) is 30.3 Å². The Hall–Kier alpha value is -3.30. The van der Waals surface area contributed by atoms with Gasteiger partial charge in [0.2, 0.25) is 10.0 Å². The Morgan fingerprint density at radius 2 is 1.75 bits per heavy atom. The van der Waals surface area contributed by atoms with Crippen LogP contribution >= 0.6 is 0 Å². The van der Waals surface area contributed by atoms with Crippen LogP contribution in [0.1, 0.15) is 28.8 Å². The van der Waals surface area contributed by atoms with Gasteiger partial charge >= 0.3 is 0 Å². The molecule has 0 radical (unpaired) electrons. The fourth-order valence-electron chi connectivity index (χ4n) is 3.81. The van der Waals surface area contributed by atoms with E-state index in [4.69, 9.17) is 5.73 Å². The van der Waals surface area contributed by atoms with Crippen LogP contribution in [0, 0.1) is 5.92 Å². The summed E-state index contributed by atoms with van der Waals surface area (Å²) in [5, 5.41) is 11.1. The number of nitrogens with zero attached hydrogens (tertiary/aromatic N) is 2. The van der Waals surface area contributed by atoms with Crippen molar-refractivity contribution in [3.63, 3.8) is 0 Å². The molecule has 0 spiro atoms. The predicted molar refractivity (Wildman–Crippen MR) is 121 cm³/mol. The summed E-state index contributed by atoms with van der Waals surface area (Å²) in [6, 6.07) is 14.0. The summed E-state index contributed by atoms with van der Waals surface area (Å²) in [5.41, 5.74) is 10.6. The van der Waals surface area contributed by atoms with E-state index in [1.165, 1.54) is 0 Å². The zero-order valence-corrected chi connectivity index (χ0v) is 18.2. The summed E-state index contributed by atoms with van der Waals surface area (Å²) in [5.74, 6) is 0.684. The van der Waals surface area contributed by atoms with E-state index >= 15 is 0 Å². The Kier molecular flexibility index (Phi) is 5.15. The van der Waals surface area contributed by atoms with Crippen molar-refractivity contribution in [2.24, 2.45) is 5.92 Å². The van der Waals surface area contributed by atoms with Crippen molar-refractivity contribution in [1.82, 2.24) is 20.2 Å². The molecule has 2 aromatic carbocycles. The van der Waals surface area contributed by atoms with Gasteiger partial charge in [-0.2, -0.15) is 0 Å². The minimum atomic E-state index is -3.52. The normalized spacial score (nSPS) is 15.8. The number of fused-ring (bicyclic) bond motifs is 1. The van der Waals surface area contributed by atoms with Crippen LogP contribution in [0.2, 0.25) is 0 Å². The molecule has 164 valence electrons. The average Bonchev–Trinajstić information content (AvgIpc) is 3.63. The summed E-state index contributed by atoms with van der Waals surface area (Å²) in [7, 11) is -3.52. The van der Waals surface area contributed by atoms with Crippen LogP contribution in [0.25, 0.3) is 22.4 Å². The number of anilines is 1. The van der Waals surface area contributed by atoms with Crippen LogP contribution < -0.4 is 15.8 Å². The van der Waals surface area contributed by atoms with E-state index in [0.717, 1.165) is 36.0 Å². The first kappa shape index (κ1) is 20.6. The lowest BCUT2D eigenvalue weighted by Gasteiger charge is -2.17. The van der Waals surface area contributed by atoms with E-state index in [0.29, 0.717) is 35.8 Å². The monoisotopic (exact) mass is 449 g/mol. The van der Waals surface area contributed by atoms with Crippen molar-refractivity contribution in [2.75, 3.05) is 18.8 Å². The maximum Gasteiger partial charge on any atom is 0.251 e. The van der Waals surface area contributed by atoms with Crippen molar-refractivity contribution in [3.05, 3.63) is 59.7 Å². The summed E-state index contributed by atoms with van der Waals surface area (Å²) in [4.78, 5) is 12.2. The van der Waals surface area contributed by atoms with Gasteiger partial charge in [-0.05, 0) is 60.6 Å². The number of sulfonamides is 1. The first-order valence-corrected chi connectivity index (χ1v) is 12.0. The standard InChI is InChI=1S/C23H23N5O3S/c24-22-20(16-5-8-19-17(11-16)9-10-25-23(19)29)12-21(27-28-22)15-3-6-18(7-4-15)32(30,31)26-13-14-1-2-14/h3-8,11-12,14,26H,1-2,9-10,13H2,(H2,24,28)(H,25,29). The Labute approximate surface area is 186 Å². The lowest BCUT2D eigenvalue weighted by molar-refractivity contribution is 0.0946. The number of nitrogens with one attached hydrogen (secondary N) is 2. The van der Waals surface area contributed by atoms with E-state index in [2.05, 4.69) is 20.2 Å². The molecule has 0 saturated heterocycles. The molecule has 1 amide bonds. The number of hydrogen-bond donors (Lipinski definition) is 3. The maximum atomic E-state index is 12.5. The highest BCUT2D eigenvalue weighted by molar-refractivity contribution is 7.89.